The van der Waals surface area contributed by atoms with E-state index in [2.05, 4.69) is 9.35 Å². The topological polar surface area (TPSA) is 59.4 Å². The molecule has 4 nitrogen and oxygen atoms in total. The monoisotopic (exact) mass is 302 g/mol. The van der Waals surface area contributed by atoms with Gasteiger partial charge in [0, 0.05) is 17.3 Å². The molecule has 0 N–H and O–H groups in total. The number of aryl methyl sites for hydroxylation is 2. The number of hydrogen-bond acceptors (Lipinski definition) is 3. The molecule has 5 heteroatoms. The molecule has 1 heterocycles. The lowest BCUT2D eigenvalue weighted by atomic mass is 10.2. The highest BCUT2D eigenvalue weighted by molar-refractivity contribution is 7.93. The largest absolute Gasteiger partial charge is 0.303 e. The molecule has 0 radical (unpaired) electrons. The molecule has 0 spiro atoms. The normalized spacial score (nSPS) is 13.5. The van der Waals surface area contributed by atoms with Crippen LogP contribution in [0, 0.1) is 6.92 Å². The van der Waals surface area contributed by atoms with E-state index in [0.29, 0.717) is 4.90 Å². The SMILES string of the molecule is CCc1ccnc(C(=O)N=S(C)(=O)c2ccc(C)cc2)c1. The molecule has 1 aromatic heterocycles. The first-order chi connectivity index (χ1) is 9.92. The van der Waals surface area contributed by atoms with E-state index in [9.17, 15) is 9.00 Å². The predicted molar refractivity (Wildman–Crippen MR) is 83.9 cm³/mol. The van der Waals surface area contributed by atoms with Gasteiger partial charge in [-0.25, -0.2) is 4.21 Å². The van der Waals surface area contributed by atoms with Crippen LogP contribution in [0.4, 0.5) is 0 Å². The zero-order chi connectivity index (χ0) is 15.5. The molecule has 1 atom stereocenters. The summed E-state index contributed by atoms with van der Waals surface area (Å²) < 4.78 is 16.5. The minimum absolute atomic E-state index is 0.232. The Morgan fingerprint density at radius 3 is 2.52 bits per heavy atom. The van der Waals surface area contributed by atoms with E-state index in [1.54, 1.807) is 24.4 Å². The molecule has 21 heavy (non-hydrogen) atoms. The Balaban J connectivity index is 2.38. The predicted octanol–water partition coefficient (Wildman–Crippen LogP) is 3.25. The molecule has 2 rings (SSSR count). The molecule has 0 aliphatic carbocycles. The summed E-state index contributed by atoms with van der Waals surface area (Å²) in [6.45, 7) is 3.94. The van der Waals surface area contributed by atoms with Gasteiger partial charge in [0.2, 0.25) is 0 Å². The first-order valence-corrected chi connectivity index (χ1v) is 8.63. The highest BCUT2D eigenvalue weighted by Gasteiger charge is 2.12. The number of rotatable bonds is 3. The van der Waals surface area contributed by atoms with E-state index in [0.717, 1.165) is 17.5 Å². The summed E-state index contributed by atoms with van der Waals surface area (Å²) in [6, 6.07) is 10.7. The van der Waals surface area contributed by atoms with Crippen LogP contribution in [0.2, 0.25) is 0 Å². The highest BCUT2D eigenvalue weighted by Crippen LogP contribution is 2.14. The number of benzene rings is 1. The fourth-order valence-electron chi connectivity index (χ4n) is 1.86. The van der Waals surface area contributed by atoms with E-state index in [1.165, 1.54) is 6.26 Å². The van der Waals surface area contributed by atoms with E-state index >= 15 is 0 Å². The summed E-state index contributed by atoms with van der Waals surface area (Å²) in [5.74, 6) is -0.543. The molecule has 0 fully saturated rings. The average Bonchev–Trinajstić information content (AvgIpc) is 2.47. The lowest BCUT2D eigenvalue weighted by Crippen LogP contribution is -2.06. The Labute approximate surface area is 125 Å². The summed E-state index contributed by atoms with van der Waals surface area (Å²) in [5, 5.41) is 0. The Kier molecular flexibility index (Phi) is 4.53. The second kappa shape index (κ2) is 6.18. The van der Waals surface area contributed by atoms with Gasteiger partial charge in [-0.2, -0.15) is 4.36 Å². The van der Waals surface area contributed by atoms with Crippen LogP contribution in [-0.4, -0.2) is 21.4 Å². The molecule has 0 saturated heterocycles. The highest BCUT2D eigenvalue weighted by atomic mass is 32.2. The molecule has 1 aromatic carbocycles. The van der Waals surface area contributed by atoms with Crippen molar-refractivity contribution in [2.75, 3.05) is 6.26 Å². The van der Waals surface area contributed by atoms with Crippen molar-refractivity contribution in [3.8, 4) is 0 Å². The van der Waals surface area contributed by atoms with Gasteiger partial charge in [-0.15, -0.1) is 0 Å². The van der Waals surface area contributed by atoms with Crippen LogP contribution >= 0.6 is 0 Å². The smallest absolute Gasteiger partial charge is 0.264 e. The maximum absolute atomic E-state index is 12.6. The molecule has 0 aliphatic rings. The molecule has 0 saturated carbocycles. The maximum atomic E-state index is 12.6. The lowest BCUT2D eigenvalue weighted by molar-refractivity contribution is 0.1000. The van der Waals surface area contributed by atoms with E-state index < -0.39 is 15.6 Å². The Hall–Kier alpha value is -2.01. The minimum Gasteiger partial charge on any atom is -0.264 e. The van der Waals surface area contributed by atoms with E-state index in [4.69, 9.17) is 0 Å². The lowest BCUT2D eigenvalue weighted by Gasteiger charge is -2.05. The van der Waals surface area contributed by atoms with Crippen molar-refractivity contribution in [3.05, 3.63) is 59.4 Å². The molecular weight excluding hydrogens is 284 g/mol. The van der Waals surface area contributed by atoms with Gasteiger partial charge in [0.25, 0.3) is 0 Å². The van der Waals surface area contributed by atoms with E-state index in [1.807, 2.05) is 32.0 Å². The van der Waals surface area contributed by atoms with Crippen LogP contribution < -0.4 is 0 Å². The third-order valence-corrected chi connectivity index (χ3v) is 4.83. The van der Waals surface area contributed by atoms with Crippen molar-refractivity contribution in [1.29, 1.82) is 0 Å². The van der Waals surface area contributed by atoms with Crippen molar-refractivity contribution in [3.63, 3.8) is 0 Å². The summed E-state index contributed by atoms with van der Waals surface area (Å²) in [6.07, 6.45) is 3.85. The van der Waals surface area contributed by atoms with Crippen molar-refractivity contribution < 1.29 is 9.00 Å². The van der Waals surface area contributed by atoms with Gasteiger partial charge < -0.3 is 0 Å². The van der Waals surface area contributed by atoms with Crippen LogP contribution in [0.5, 0.6) is 0 Å². The zero-order valence-corrected chi connectivity index (χ0v) is 13.2. The van der Waals surface area contributed by atoms with Crippen molar-refractivity contribution in [2.45, 2.75) is 25.2 Å². The van der Waals surface area contributed by atoms with Gasteiger partial charge in [0.1, 0.15) is 5.69 Å². The number of pyridine rings is 1. The Morgan fingerprint density at radius 2 is 1.90 bits per heavy atom. The summed E-state index contributed by atoms with van der Waals surface area (Å²) in [7, 11) is -2.76. The first-order valence-electron chi connectivity index (χ1n) is 6.70. The van der Waals surface area contributed by atoms with Crippen LogP contribution in [0.25, 0.3) is 0 Å². The first kappa shape index (κ1) is 15.4. The zero-order valence-electron chi connectivity index (χ0n) is 12.4. The number of carbonyl (C=O) groups is 1. The molecule has 110 valence electrons. The maximum Gasteiger partial charge on any atom is 0.303 e. The van der Waals surface area contributed by atoms with Crippen molar-refractivity contribution in [2.24, 2.45) is 4.36 Å². The number of amides is 1. The Bertz CT molecular complexity index is 773. The van der Waals surface area contributed by atoms with Gasteiger partial charge in [-0.05, 0) is 43.2 Å². The van der Waals surface area contributed by atoms with Crippen LogP contribution in [0.1, 0.15) is 28.5 Å². The molecule has 0 bridgehead atoms. The van der Waals surface area contributed by atoms with Gasteiger partial charge in [0.05, 0.1) is 9.73 Å². The average molecular weight is 302 g/mol. The second-order valence-electron chi connectivity index (χ2n) is 4.91. The van der Waals surface area contributed by atoms with Gasteiger partial charge >= 0.3 is 5.91 Å². The number of carbonyl (C=O) groups excluding carboxylic acids is 1. The fraction of sp³-hybridized carbons (Fsp3) is 0.250. The molecule has 1 amide bonds. The minimum atomic E-state index is -2.76. The molecular formula is C16H18N2O2S. The summed E-state index contributed by atoms with van der Waals surface area (Å²) in [4.78, 5) is 16.7. The van der Waals surface area contributed by atoms with Gasteiger partial charge in [0.15, 0.2) is 0 Å². The third-order valence-electron chi connectivity index (χ3n) is 3.17. The van der Waals surface area contributed by atoms with Crippen molar-refractivity contribution >= 4 is 15.6 Å². The molecule has 1 unspecified atom stereocenters. The standard InChI is InChI=1S/C16H18N2O2S/c1-4-13-9-10-17-15(11-13)16(19)18-21(3,20)14-7-5-12(2)6-8-14/h5-11H,4H2,1-3H3. The number of aromatic nitrogens is 1. The fourth-order valence-corrected chi connectivity index (χ4v) is 3.02. The quantitative estimate of drug-likeness (QED) is 0.874. The van der Waals surface area contributed by atoms with Crippen molar-refractivity contribution in [1.82, 2.24) is 4.98 Å². The van der Waals surface area contributed by atoms with Crippen LogP contribution in [0.3, 0.4) is 0 Å². The van der Waals surface area contributed by atoms with Crippen LogP contribution in [0.15, 0.2) is 51.9 Å². The Morgan fingerprint density at radius 1 is 1.24 bits per heavy atom. The summed E-state index contributed by atoms with van der Waals surface area (Å²) >= 11 is 0. The molecule has 2 aromatic rings. The molecule has 0 aliphatic heterocycles. The third kappa shape index (κ3) is 3.76. The van der Waals surface area contributed by atoms with Crippen LogP contribution in [-0.2, 0) is 16.1 Å². The van der Waals surface area contributed by atoms with Gasteiger partial charge in [-0.3, -0.25) is 9.78 Å². The summed E-state index contributed by atoms with van der Waals surface area (Å²) in [5.41, 5.74) is 2.30. The second-order valence-corrected chi connectivity index (χ2v) is 7.17. The van der Waals surface area contributed by atoms with Gasteiger partial charge in [-0.1, -0.05) is 24.6 Å². The number of hydrogen-bond donors (Lipinski definition) is 0. The number of nitrogens with zero attached hydrogens (tertiary/aromatic N) is 2. The van der Waals surface area contributed by atoms with E-state index in [-0.39, 0.29) is 5.69 Å².